The summed E-state index contributed by atoms with van der Waals surface area (Å²) in [4.78, 5) is 22.7. The fourth-order valence-electron chi connectivity index (χ4n) is 2.38. The molecule has 0 atom stereocenters. The summed E-state index contributed by atoms with van der Waals surface area (Å²) in [5, 5.41) is 13.6. The normalized spacial score (nSPS) is 10.2. The number of nitro benzene ring substituents is 1. The number of amides is 1. The summed E-state index contributed by atoms with van der Waals surface area (Å²) < 4.78 is 5.68. The van der Waals surface area contributed by atoms with Crippen LogP contribution in [0.25, 0.3) is 0 Å². The largest absolute Gasteiger partial charge is 0.457 e. The molecule has 6 nitrogen and oxygen atoms in total. The van der Waals surface area contributed by atoms with Crippen molar-refractivity contribution in [3.8, 4) is 11.5 Å². The van der Waals surface area contributed by atoms with Crippen LogP contribution in [-0.2, 0) is 0 Å². The predicted molar refractivity (Wildman–Crippen MR) is 98.7 cm³/mol. The first-order chi connectivity index (χ1) is 12.5. The van der Waals surface area contributed by atoms with Gasteiger partial charge < -0.3 is 10.1 Å². The third kappa shape index (κ3) is 4.05. The Labute approximate surface area is 150 Å². The molecule has 0 saturated heterocycles. The minimum atomic E-state index is -0.472. The van der Waals surface area contributed by atoms with Crippen LogP contribution in [0.4, 0.5) is 11.4 Å². The van der Waals surface area contributed by atoms with Crippen molar-refractivity contribution >= 4 is 17.3 Å². The van der Waals surface area contributed by atoms with Crippen molar-refractivity contribution in [2.24, 2.45) is 0 Å². The Morgan fingerprint density at radius 3 is 2.38 bits per heavy atom. The highest BCUT2D eigenvalue weighted by Crippen LogP contribution is 2.25. The van der Waals surface area contributed by atoms with E-state index >= 15 is 0 Å². The third-order valence-electron chi connectivity index (χ3n) is 3.77. The van der Waals surface area contributed by atoms with Gasteiger partial charge in [0, 0.05) is 23.4 Å². The standard InChI is InChI=1S/C20H16N2O4/c1-14-5-2-3-8-19(14)21-20(23)15-6-4-7-18(13-15)26-17-11-9-16(10-12-17)22(24)25/h2-13H,1H3,(H,21,23). The molecule has 1 N–H and O–H groups in total. The Bertz CT molecular complexity index is 952. The molecule has 3 aromatic carbocycles. The van der Waals surface area contributed by atoms with E-state index in [0.717, 1.165) is 11.3 Å². The fraction of sp³-hybridized carbons (Fsp3) is 0.0500. The lowest BCUT2D eigenvalue weighted by atomic mass is 10.1. The molecule has 1 amide bonds. The Hall–Kier alpha value is -3.67. The molecule has 6 heteroatoms. The molecule has 0 aromatic heterocycles. The zero-order valence-electron chi connectivity index (χ0n) is 14.0. The summed E-state index contributed by atoms with van der Waals surface area (Å²) in [6.07, 6.45) is 0. The molecule has 0 aliphatic rings. The first-order valence-electron chi connectivity index (χ1n) is 7.92. The molecule has 0 unspecified atom stereocenters. The van der Waals surface area contributed by atoms with Crippen molar-refractivity contribution < 1.29 is 14.5 Å². The lowest BCUT2D eigenvalue weighted by Gasteiger charge is -2.10. The summed E-state index contributed by atoms with van der Waals surface area (Å²) >= 11 is 0. The molecular formula is C20H16N2O4. The van der Waals surface area contributed by atoms with Crippen LogP contribution in [0.1, 0.15) is 15.9 Å². The van der Waals surface area contributed by atoms with Crippen LogP contribution in [-0.4, -0.2) is 10.8 Å². The topological polar surface area (TPSA) is 81.5 Å². The maximum atomic E-state index is 12.4. The summed E-state index contributed by atoms with van der Waals surface area (Å²) in [5.41, 5.74) is 2.16. The monoisotopic (exact) mass is 348 g/mol. The minimum Gasteiger partial charge on any atom is -0.457 e. The smallest absolute Gasteiger partial charge is 0.269 e. The van der Waals surface area contributed by atoms with Crippen molar-refractivity contribution in [2.45, 2.75) is 6.92 Å². The lowest BCUT2D eigenvalue weighted by molar-refractivity contribution is -0.384. The van der Waals surface area contributed by atoms with Gasteiger partial charge in [0.2, 0.25) is 0 Å². The Kier molecular flexibility index (Phi) is 4.94. The van der Waals surface area contributed by atoms with Gasteiger partial charge in [-0.3, -0.25) is 14.9 Å². The molecule has 3 rings (SSSR count). The SMILES string of the molecule is Cc1ccccc1NC(=O)c1cccc(Oc2ccc([N+](=O)[O-])cc2)c1. The summed E-state index contributed by atoms with van der Waals surface area (Å²) in [6, 6.07) is 20.0. The van der Waals surface area contributed by atoms with Gasteiger partial charge in [0.1, 0.15) is 11.5 Å². The number of anilines is 1. The van der Waals surface area contributed by atoms with Gasteiger partial charge in [-0.2, -0.15) is 0 Å². The lowest BCUT2D eigenvalue weighted by Crippen LogP contribution is -2.12. The highest BCUT2D eigenvalue weighted by atomic mass is 16.6. The van der Waals surface area contributed by atoms with Gasteiger partial charge in [-0.25, -0.2) is 0 Å². The Balaban J connectivity index is 1.74. The molecule has 0 saturated carbocycles. The van der Waals surface area contributed by atoms with Gasteiger partial charge in [0.25, 0.3) is 11.6 Å². The highest BCUT2D eigenvalue weighted by molar-refractivity contribution is 6.04. The number of rotatable bonds is 5. The van der Waals surface area contributed by atoms with Gasteiger partial charge in [-0.05, 0) is 48.9 Å². The molecule has 3 aromatic rings. The number of nitro groups is 1. The molecule has 0 radical (unpaired) electrons. The second-order valence-electron chi connectivity index (χ2n) is 5.65. The van der Waals surface area contributed by atoms with E-state index in [9.17, 15) is 14.9 Å². The van der Waals surface area contributed by atoms with Crippen LogP contribution < -0.4 is 10.1 Å². The maximum Gasteiger partial charge on any atom is 0.269 e. The van der Waals surface area contributed by atoms with Gasteiger partial charge in [0.05, 0.1) is 4.92 Å². The number of carbonyl (C=O) groups is 1. The van der Waals surface area contributed by atoms with E-state index < -0.39 is 4.92 Å². The maximum absolute atomic E-state index is 12.4. The van der Waals surface area contributed by atoms with Gasteiger partial charge in [-0.1, -0.05) is 24.3 Å². The predicted octanol–water partition coefficient (Wildman–Crippen LogP) is 4.95. The average Bonchev–Trinajstić information content (AvgIpc) is 2.64. The molecule has 0 aliphatic carbocycles. The van der Waals surface area contributed by atoms with Crippen LogP contribution in [0.2, 0.25) is 0 Å². The summed E-state index contributed by atoms with van der Waals surface area (Å²) in [5.74, 6) is 0.678. The molecule has 0 fully saturated rings. The van der Waals surface area contributed by atoms with Gasteiger partial charge >= 0.3 is 0 Å². The van der Waals surface area contributed by atoms with Crippen molar-refractivity contribution in [3.63, 3.8) is 0 Å². The van der Waals surface area contributed by atoms with Crippen molar-refractivity contribution in [1.82, 2.24) is 0 Å². The fourth-order valence-corrected chi connectivity index (χ4v) is 2.38. The van der Waals surface area contributed by atoms with Crippen LogP contribution >= 0.6 is 0 Å². The number of ether oxygens (including phenoxy) is 1. The number of hydrogen-bond donors (Lipinski definition) is 1. The zero-order valence-corrected chi connectivity index (χ0v) is 14.0. The molecule has 0 spiro atoms. The molecule has 0 aliphatic heterocycles. The summed E-state index contributed by atoms with van der Waals surface area (Å²) in [7, 11) is 0. The van der Waals surface area contributed by atoms with E-state index in [1.54, 1.807) is 24.3 Å². The number of benzene rings is 3. The second-order valence-corrected chi connectivity index (χ2v) is 5.65. The second kappa shape index (κ2) is 7.48. The minimum absolute atomic E-state index is 0.0105. The van der Waals surface area contributed by atoms with Gasteiger partial charge in [-0.15, -0.1) is 0 Å². The number of para-hydroxylation sites is 1. The number of hydrogen-bond acceptors (Lipinski definition) is 4. The van der Waals surface area contributed by atoms with E-state index in [2.05, 4.69) is 5.32 Å². The van der Waals surface area contributed by atoms with E-state index in [1.807, 2.05) is 31.2 Å². The molecule has 0 bridgehead atoms. The molecule has 0 heterocycles. The number of carbonyl (C=O) groups excluding carboxylic acids is 1. The number of nitrogens with zero attached hydrogens (tertiary/aromatic N) is 1. The number of aryl methyl sites for hydroxylation is 1. The van der Waals surface area contributed by atoms with Crippen molar-refractivity contribution in [2.75, 3.05) is 5.32 Å². The third-order valence-corrected chi connectivity index (χ3v) is 3.77. The molecule has 130 valence electrons. The number of nitrogens with one attached hydrogen (secondary N) is 1. The van der Waals surface area contributed by atoms with Crippen molar-refractivity contribution in [1.29, 1.82) is 0 Å². The Morgan fingerprint density at radius 1 is 0.962 bits per heavy atom. The van der Waals surface area contributed by atoms with Crippen LogP contribution in [0.3, 0.4) is 0 Å². The van der Waals surface area contributed by atoms with Crippen LogP contribution in [0.15, 0.2) is 72.8 Å². The van der Waals surface area contributed by atoms with Gasteiger partial charge in [0.15, 0.2) is 0 Å². The van der Waals surface area contributed by atoms with E-state index in [0.29, 0.717) is 17.1 Å². The van der Waals surface area contributed by atoms with E-state index in [4.69, 9.17) is 4.74 Å². The Morgan fingerprint density at radius 2 is 1.69 bits per heavy atom. The van der Waals surface area contributed by atoms with E-state index in [1.165, 1.54) is 24.3 Å². The highest BCUT2D eigenvalue weighted by Gasteiger charge is 2.10. The quantitative estimate of drug-likeness (QED) is 0.522. The van der Waals surface area contributed by atoms with Crippen LogP contribution in [0.5, 0.6) is 11.5 Å². The number of non-ortho nitro benzene ring substituents is 1. The molecule has 26 heavy (non-hydrogen) atoms. The van der Waals surface area contributed by atoms with Crippen LogP contribution in [0, 0.1) is 17.0 Å². The molecular weight excluding hydrogens is 332 g/mol. The first kappa shape index (κ1) is 17.2. The first-order valence-corrected chi connectivity index (χ1v) is 7.92. The average molecular weight is 348 g/mol. The zero-order chi connectivity index (χ0) is 18.5. The van der Waals surface area contributed by atoms with E-state index in [-0.39, 0.29) is 11.6 Å². The summed E-state index contributed by atoms with van der Waals surface area (Å²) in [6.45, 7) is 1.92. The van der Waals surface area contributed by atoms with Crippen molar-refractivity contribution in [3.05, 3.63) is 94.0 Å².